The van der Waals surface area contributed by atoms with E-state index in [1.165, 1.54) is 0 Å². The van der Waals surface area contributed by atoms with Crippen LogP contribution in [0.1, 0.15) is 33.6 Å². The van der Waals surface area contributed by atoms with Crippen molar-refractivity contribution in [2.24, 2.45) is 4.99 Å². The molecule has 1 aliphatic rings. The molecule has 0 aromatic heterocycles. The highest BCUT2D eigenvalue weighted by atomic mass is 127. The highest BCUT2D eigenvalue weighted by Crippen LogP contribution is 2.09. The molecular formula is C16H35IN4O2. The van der Waals surface area contributed by atoms with Crippen molar-refractivity contribution in [1.29, 1.82) is 0 Å². The number of unbranched alkanes of at least 4 members (excludes halogenated alkanes) is 1. The molecule has 0 bridgehead atoms. The molecule has 0 aromatic rings. The summed E-state index contributed by atoms with van der Waals surface area (Å²) in [6.45, 7) is 12.6. The van der Waals surface area contributed by atoms with Gasteiger partial charge in [0.05, 0.1) is 13.2 Å². The SMILES string of the molecule is CCOCCCCNC(=NC)NCC(C)N1CCOCC1C.I. The molecule has 2 unspecified atom stereocenters. The Morgan fingerprint density at radius 1 is 1.39 bits per heavy atom. The Bertz CT molecular complexity index is 318. The molecule has 1 aliphatic heterocycles. The molecule has 0 saturated carbocycles. The Labute approximate surface area is 158 Å². The third-order valence-electron chi connectivity index (χ3n) is 3.99. The van der Waals surface area contributed by atoms with Crippen molar-refractivity contribution in [2.75, 3.05) is 53.1 Å². The number of nitrogens with zero attached hydrogens (tertiary/aromatic N) is 2. The van der Waals surface area contributed by atoms with E-state index in [4.69, 9.17) is 9.47 Å². The van der Waals surface area contributed by atoms with Crippen LogP contribution in [0.5, 0.6) is 0 Å². The first kappa shape index (κ1) is 22.9. The second-order valence-electron chi connectivity index (χ2n) is 5.79. The van der Waals surface area contributed by atoms with Gasteiger partial charge < -0.3 is 20.1 Å². The standard InChI is InChI=1S/C16H34N4O2.HI/c1-5-21-10-7-6-8-18-16(17-4)19-12-14(2)20-9-11-22-13-15(20)3;/h14-15H,5-13H2,1-4H3,(H2,17,18,19);1H. The molecule has 0 aromatic carbocycles. The predicted molar refractivity (Wildman–Crippen MR) is 107 cm³/mol. The molecule has 0 radical (unpaired) electrons. The molecule has 1 fully saturated rings. The van der Waals surface area contributed by atoms with Gasteiger partial charge >= 0.3 is 0 Å². The van der Waals surface area contributed by atoms with Crippen LogP contribution in [0.4, 0.5) is 0 Å². The third-order valence-corrected chi connectivity index (χ3v) is 3.99. The van der Waals surface area contributed by atoms with Crippen molar-refractivity contribution >= 4 is 29.9 Å². The molecule has 138 valence electrons. The van der Waals surface area contributed by atoms with Crippen LogP contribution in [0.15, 0.2) is 4.99 Å². The van der Waals surface area contributed by atoms with Gasteiger partial charge in [0.2, 0.25) is 0 Å². The molecule has 1 rings (SSSR count). The maximum Gasteiger partial charge on any atom is 0.191 e. The highest BCUT2D eigenvalue weighted by molar-refractivity contribution is 14.0. The number of halogens is 1. The summed E-state index contributed by atoms with van der Waals surface area (Å²) in [5.74, 6) is 0.879. The summed E-state index contributed by atoms with van der Waals surface area (Å²) >= 11 is 0. The number of hydrogen-bond donors (Lipinski definition) is 2. The Morgan fingerprint density at radius 3 is 2.83 bits per heavy atom. The molecule has 0 amide bonds. The van der Waals surface area contributed by atoms with Crippen LogP contribution < -0.4 is 10.6 Å². The van der Waals surface area contributed by atoms with Crippen molar-refractivity contribution in [1.82, 2.24) is 15.5 Å². The monoisotopic (exact) mass is 442 g/mol. The van der Waals surface area contributed by atoms with E-state index in [1.54, 1.807) is 0 Å². The van der Waals surface area contributed by atoms with Crippen LogP contribution in [-0.2, 0) is 9.47 Å². The first-order valence-electron chi connectivity index (χ1n) is 8.54. The fourth-order valence-corrected chi connectivity index (χ4v) is 2.66. The predicted octanol–water partition coefficient (Wildman–Crippen LogP) is 1.70. The highest BCUT2D eigenvalue weighted by Gasteiger charge is 2.23. The van der Waals surface area contributed by atoms with Gasteiger partial charge in [-0.3, -0.25) is 9.89 Å². The summed E-state index contributed by atoms with van der Waals surface area (Å²) in [5, 5.41) is 6.77. The minimum atomic E-state index is 0. The van der Waals surface area contributed by atoms with Gasteiger partial charge in [-0.15, -0.1) is 24.0 Å². The lowest BCUT2D eigenvalue weighted by Gasteiger charge is -2.38. The summed E-state index contributed by atoms with van der Waals surface area (Å²) in [5.41, 5.74) is 0. The van der Waals surface area contributed by atoms with Crippen molar-refractivity contribution in [2.45, 2.75) is 45.7 Å². The van der Waals surface area contributed by atoms with Gasteiger partial charge in [0.15, 0.2) is 5.96 Å². The molecule has 0 aliphatic carbocycles. The van der Waals surface area contributed by atoms with E-state index in [0.717, 1.165) is 64.9 Å². The summed E-state index contributed by atoms with van der Waals surface area (Å²) in [6.07, 6.45) is 2.18. The molecule has 23 heavy (non-hydrogen) atoms. The molecule has 0 spiro atoms. The minimum Gasteiger partial charge on any atom is -0.382 e. The van der Waals surface area contributed by atoms with Crippen molar-refractivity contribution in [3.8, 4) is 0 Å². The van der Waals surface area contributed by atoms with Crippen molar-refractivity contribution in [3.63, 3.8) is 0 Å². The summed E-state index contributed by atoms with van der Waals surface area (Å²) in [7, 11) is 1.82. The second kappa shape index (κ2) is 14.2. The van der Waals surface area contributed by atoms with E-state index in [-0.39, 0.29) is 24.0 Å². The molecule has 1 heterocycles. The smallest absolute Gasteiger partial charge is 0.191 e. The van der Waals surface area contributed by atoms with Gasteiger partial charge in [0, 0.05) is 52.0 Å². The molecule has 2 atom stereocenters. The van der Waals surface area contributed by atoms with E-state index in [0.29, 0.717) is 12.1 Å². The molecular weight excluding hydrogens is 407 g/mol. The van der Waals surface area contributed by atoms with Crippen LogP contribution in [0.2, 0.25) is 0 Å². The second-order valence-corrected chi connectivity index (χ2v) is 5.79. The Balaban J connectivity index is 0.00000484. The first-order valence-corrected chi connectivity index (χ1v) is 8.54. The Morgan fingerprint density at radius 2 is 2.17 bits per heavy atom. The van der Waals surface area contributed by atoms with Crippen LogP contribution in [0, 0.1) is 0 Å². The van der Waals surface area contributed by atoms with Gasteiger partial charge in [-0.25, -0.2) is 0 Å². The van der Waals surface area contributed by atoms with Crippen LogP contribution >= 0.6 is 24.0 Å². The number of morpholine rings is 1. The van der Waals surface area contributed by atoms with E-state index < -0.39 is 0 Å². The van der Waals surface area contributed by atoms with Gasteiger partial charge in [-0.2, -0.15) is 0 Å². The number of guanidine groups is 1. The Hall–Kier alpha value is -0.120. The lowest BCUT2D eigenvalue weighted by molar-refractivity contribution is -0.0174. The Kier molecular flexibility index (Phi) is 14.2. The minimum absolute atomic E-state index is 0. The average molecular weight is 442 g/mol. The topological polar surface area (TPSA) is 58.1 Å². The molecule has 1 saturated heterocycles. The quantitative estimate of drug-likeness (QED) is 0.247. The van der Waals surface area contributed by atoms with Crippen molar-refractivity contribution < 1.29 is 9.47 Å². The van der Waals surface area contributed by atoms with Crippen LogP contribution in [0.25, 0.3) is 0 Å². The lowest BCUT2D eigenvalue weighted by atomic mass is 10.2. The maximum atomic E-state index is 5.49. The third kappa shape index (κ3) is 9.69. The average Bonchev–Trinajstić information content (AvgIpc) is 2.53. The molecule has 7 heteroatoms. The fourth-order valence-electron chi connectivity index (χ4n) is 2.66. The van der Waals surface area contributed by atoms with E-state index >= 15 is 0 Å². The number of hydrogen-bond acceptors (Lipinski definition) is 4. The lowest BCUT2D eigenvalue weighted by Crippen LogP contribution is -2.53. The van der Waals surface area contributed by atoms with Crippen molar-refractivity contribution in [3.05, 3.63) is 0 Å². The number of aliphatic imine (C=N–C) groups is 1. The summed E-state index contributed by atoms with van der Waals surface area (Å²) in [6, 6.07) is 0.953. The number of nitrogens with one attached hydrogen (secondary N) is 2. The number of rotatable bonds is 9. The van der Waals surface area contributed by atoms with Gasteiger partial charge in [0.25, 0.3) is 0 Å². The van der Waals surface area contributed by atoms with Crippen LogP contribution in [-0.4, -0.2) is 76.1 Å². The van der Waals surface area contributed by atoms with Crippen LogP contribution in [0.3, 0.4) is 0 Å². The van der Waals surface area contributed by atoms with E-state index in [9.17, 15) is 0 Å². The zero-order valence-electron chi connectivity index (χ0n) is 15.1. The maximum absolute atomic E-state index is 5.49. The van der Waals surface area contributed by atoms with E-state index in [1.807, 2.05) is 14.0 Å². The van der Waals surface area contributed by atoms with E-state index in [2.05, 4.69) is 34.4 Å². The summed E-state index contributed by atoms with van der Waals surface area (Å²) in [4.78, 5) is 6.77. The zero-order valence-corrected chi connectivity index (χ0v) is 17.5. The van der Waals surface area contributed by atoms with Gasteiger partial charge in [0.1, 0.15) is 0 Å². The van der Waals surface area contributed by atoms with Gasteiger partial charge in [-0.1, -0.05) is 0 Å². The fraction of sp³-hybridized carbons (Fsp3) is 0.938. The summed E-state index contributed by atoms with van der Waals surface area (Å²) < 4.78 is 10.8. The first-order chi connectivity index (χ1) is 10.7. The normalized spacial score (nSPS) is 20.7. The van der Waals surface area contributed by atoms with Gasteiger partial charge in [-0.05, 0) is 33.6 Å². The largest absolute Gasteiger partial charge is 0.382 e. The number of ether oxygens (including phenoxy) is 2. The molecule has 6 nitrogen and oxygen atoms in total. The molecule has 2 N–H and O–H groups in total. The zero-order chi connectivity index (χ0) is 16.2.